The summed E-state index contributed by atoms with van der Waals surface area (Å²) in [6, 6.07) is 19.4. The first-order valence-electron chi connectivity index (χ1n) is 7.92. The second-order valence-corrected chi connectivity index (χ2v) is 6.78. The van der Waals surface area contributed by atoms with E-state index in [0.29, 0.717) is 0 Å². The van der Waals surface area contributed by atoms with Crippen LogP contribution < -0.4 is 0 Å². The maximum absolute atomic E-state index is 6.55. The van der Waals surface area contributed by atoms with Crippen LogP contribution in [0.5, 0.6) is 0 Å². The number of rotatable bonds is 0. The van der Waals surface area contributed by atoms with Gasteiger partial charge < -0.3 is 0 Å². The van der Waals surface area contributed by atoms with Gasteiger partial charge in [0.05, 0.1) is 0 Å². The Kier molecular flexibility index (Phi) is 2.50. The molecule has 5 rings (SSSR count). The van der Waals surface area contributed by atoms with Gasteiger partial charge in [-0.15, -0.1) is 0 Å². The lowest BCUT2D eigenvalue weighted by molar-refractivity contribution is 1.47. The summed E-state index contributed by atoms with van der Waals surface area (Å²) in [5.74, 6) is 0. The van der Waals surface area contributed by atoms with Crippen molar-refractivity contribution in [2.24, 2.45) is 0 Å². The lowest BCUT2D eigenvalue weighted by Crippen LogP contribution is -1.91. The summed E-state index contributed by atoms with van der Waals surface area (Å²) in [4.78, 5) is 0. The Morgan fingerprint density at radius 3 is 1.96 bits per heavy atom. The molecule has 0 atom stereocenters. The van der Waals surface area contributed by atoms with E-state index in [4.69, 9.17) is 11.6 Å². The van der Waals surface area contributed by atoms with Gasteiger partial charge in [0.2, 0.25) is 0 Å². The third-order valence-electron chi connectivity index (χ3n) is 5.24. The Morgan fingerprint density at radius 1 is 0.652 bits per heavy atom. The number of fused-ring (bicyclic) bond motifs is 4. The van der Waals surface area contributed by atoms with Gasteiger partial charge in [0.25, 0.3) is 0 Å². The van der Waals surface area contributed by atoms with Crippen LogP contribution in [0.4, 0.5) is 0 Å². The molecule has 0 spiro atoms. The fraction of sp³-hybridized carbons (Fsp3) is 0.0909. The van der Waals surface area contributed by atoms with E-state index in [0.717, 1.165) is 5.02 Å². The van der Waals surface area contributed by atoms with Gasteiger partial charge >= 0.3 is 0 Å². The monoisotopic (exact) mass is 314 g/mol. The number of benzene rings is 4. The molecule has 0 bridgehead atoms. The van der Waals surface area contributed by atoms with Gasteiger partial charge in [-0.2, -0.15) is 0 Å². The molecule has 23 heavy (non-hydrogen) atoms. The molecule has 0 aromatic heterocycles. The van der Waals surface area contributed by atoms with Crippen molar-refractivity contribution in [3.05, 3.63) is 70.7 Å². The van der Waals surface area contributed by atoms with E-state index in [-0.39, 0.29) is 0 Å². The summed E-state index contributed by atoms with van der Waals surface area (Å²) in [6.07, 6.45) is 0. The van der Waals surface area contributed by atoms with Crippen LogP contribution in [0.2, 0.25) is 5.02 Å². The fourth-order valence-corrected chi connectivity index (χ4v) is 4.60. The molecule has 0 saturated carbocycles. The molecule has 1 aliphatic carbocycles. The number of halogens is 1. The highest BCUT2D eigenvalue weighted by Crippen LogP contribution is 2.52. The minimum Gasteiger partial charge on any atom is -0.0837 e. The molecule has 4 aromatic rings. The van der Waals surface area contributed by atoms with Gasteiger partial charge in [0, 0.05) is 10.4 Å². The highest BCUT2D eigenvalue weighted by molar-refractivity contribution is 6.36. The summed E-state index contributed by atoms with van der Waals surface area (Å²) in [6.45, 7) is 4.43. The zero-order valence-corrected chi connectivity index (χ0v) is 13.8. The SMILES string of the molecule is Cc1c2c(c(C)c3c(Cl)cccc13)-c1cccc3cccc-2c13. The summed E-state index contributed by atoms with van der Waals surface area (Å²) >= 11 is 6.55. The molecule has 0 heterocycles. The molecule has 4 aromatic carbocycles. The van der Waals surface area contributed by atoms with E-state index in [1.54, 1.807) is 0 Å². The predicted octanol–water partition coefficient (Wildman–Crippen LogP) is 6.91. The van der Waals surface area contributed by atoms with Crippen molar-refractivity contribution in [2.75, 3.05) is 0 Å². The molecule has 0 amide bonds. The molecule has 1 heteroatoms. The molecule has 0 radical (unpaired) electrons. The highest BCUT2D eigenvalue weighted by Gasteiger charge is 2.26. The van der Waals surface area contributed by atoms with Gasteiger partial charge in [-0.1, -0.05) is 60.1 Å². The van der Waals surface area contributed by atoms with Crippen LogP contribution in [-0.2, 0) is 0 Å². The van der Waals surface area contributed by atoms with Crippen molar-refractivity contribution in [3.63, 3.8) is 0 Å². The maximum atomic E-state index is 6.55. The smallest absolute Gasteiger partial charge is 0.0487 e. The van der Waals surface area contributed by atoms with Crippen LogP contribution in [0.3, 0.4) is 0 Å². The molecule has 1 aliphatic rings. The topological polar surface area (TPSA) is 0 Å². The molecule has 0 N–H and O–H groups in total. The normalized spacial score (nSPS) is 12.1. The molecule has 0 unspecified atom stereocenters. The second-order valence-electron chi connectivity index (χ2n) is 6.37. The van der Waals surface area contributed by atoms with Gasteiger partial charge in [0.1, 0.15) is 0 Å². The first-order valence-corrected chi connectivity index (χ1v) is 8.30. The van der Waals surface area contributed by atoms with Crippen LogP contribution in [0.15, 0.2) is 54.6 Å². The van der Waals surface area contributed by atoms with Crippen LogP contribution in [-0.4, -0.2) is 0 Å². The van der Waals surface area contributed by atoms with Crippen molar-refractivity contribution in [3.8, 4) is 22.3 Å². The number of hydrogen-bond acceptors (Lipinski definition) is 0. The third kappa shape index (κ3) is 1.52. The second kappa shape index (κ2) is 4.37. The lowest BCUT2D eigenvalue weighted by atomic mass is 9.89. The summed E-state index contributed by atoms with van der Waals surface area (Å²) in [5.41, 5.74) is 8.05. The molecule has 0 nitrogen and oxygen atoms in total. The molecule has 0 fully saturated rings. The van der Waals surface area contributed by atoms with Crippen molar-refractivity contribution >= 4 is 33.1 Å². The molecular weight excluding hydrogens is 300 g/mol. The standard InChI is InChI=1S/C22H15Cl/c1-12-15-8-5-11-18(23)19(15)13(2)21-17-10-4-7-14-6-3-9-16(20(12)21)22(14)17/h3-11H,1-2H3. The average molecular weight is 315 g/mol. The van der Waals surface area contributed by atoms with Gasteiger partial charge in [-0.25, -0.2) is 0 Å². The average Bonchev–Trinajstić information content (AvgIpc) is 2.90. The van der Waals surface area contributed by atoms with E-state index >= 15 is 0 Å². The summed E-state index contributed by atoms with van der Waals surface area (Å²) in [7, 11) is 0. The van der Waals surface area contributed by atoms with Crippen LogP contribution in [0, 0.1) is 13.8 Å². The van der Waals surface area contributed by atoms with Gasteiger partial charge in [-0.3, -0.25) is 0 Å². The predicted molar refractivity (Wildman–Crippen MR) is 100 cm³/mol. The van der Waals surface area contributed by atoms with Crippen LogP contribution >= 0.6 is 11.6 Å². The van der Waals surface area contributed by atoms with Crippen molar-refractivity contribution in [1.82, 2.24) is 0 Å². The Balaban J connectivity index is 2.11. The summed E-state index contributed by atoms with van der Waals surface area (Å²) in [5, 5.41) is 5.98. The zero-order chi connectivity index (χ0) is 15.7. The minimum atomic E-state index is 0.842. The first kappa shape index (κ1) is 13.2. The van der Waals surface area contributed by atoms with Gasteiger partial charge in [-0.05, 0) is 69.5 Å². The van der Waals surface area contributed by atoms with Gasteiger partial charge in [0.15, 0.2) is 0 Å². The Hall–Kier alpha value is -2.31. The van der Waals surface area contributed by atoms with E-state index in [2.05, 4.69) is 56.3 Å². The van der Waals surface area contributed by atoms with Crippen molar-refractivity contribution in [1.29, 1.82) is 0 Å². The van der Waals surface area contributed by atoms with Crippen molar-refractivity contribution in [2.45, 2.75) is 13.8 Å². The zero-order valence-electron chi connectivity index (χ0n) is 13.1. The number of aryl methyl sites for hydroxylation is 2. The lowest BCUT2D eigenvalue weighted by Gasteiger charge is -2.16. The number of hydrogen-bond donors (Lipinski definition) is 0. The Labute approximate surface area is 140 Å². The van der Waals surface area contributed by atoms with E-state index in [1.807, 2.05) is 12.1 Å². The summed E-state index contributed by atoms with van der Waals surface area (Å²) < 4.78 is 0. The molecular formula is C22H15Cl. The minimum absolute atomic E-state index is 0.842. The molecule has 110 valence electrons. The fourth-order valence-electron chi connectivity index (χ4n) is 4.28. The van der Waals surface area contributed by atoms with E-state index in [1.165, 1.54) is 54.9 Å². The quantitative estimate of drug-likeness (QED) is 0.291. The third-order valence-corrected chi connectivity index (χ3v) is 5.55. The van der Waals surface area contributed by atoms with Crippen LogP contribution in [0.1, 0.15) is 11.1 Å². The van der Waals surface area contributed by atoms with Crippen LogP contribution in [0.25, 0.3) is 43.8 Å². The van der Waals surface area contributed by atoms with E-state index < -0.39 is 0 Å². The van der Waals surface area contributed by atoms with Crippen molar-refractivity contribution < 1.29 is 0 Å². The molecule has 0 aliphatic heterocycles. The Morgan fingerprint density at radius 2 is 1.26 bits per heavy atom. The van der Waals surface area contributed by atoms with E-state index in [9.17, 15) is 0 Å². The Bertz CT molecular complexity index is 1130. The maximum Gasteiger partial charge on any atom is 0.0487 e. The first-order chi connectivity index (χ1) is 11.2. The largest absolute Gasteiger partial charge is 0.0837 e. The molecule has 0 saturated heterocycles. The highest BCUT2D eigenvalue weighted by atomic mass is 35.5.